The Balaban J connectivity index is 2.16. The van der Waals surface area contributed by atoms with Crippen LogP contribution in [0.3, 0.4) is 0 Å². The Morgan fingerprint density at radius 1 is 1.17 bits per heavy atom. The smallest absolute Gasteiger partial charge is 0.396 e. The summed E-state index contributed by atoms with van der Waals surface area (Å²) in [6, 6.07) is 3.81. The van der Waals surface area contributed by atoms with Gasteiger partial charge in [0.2, 0.25) is 0 Å². The van der Waals surface area contributed by atoms with Gasteiger partial charge in [0, 0.05) is 24.5 Å². The summed E-state index contributed by atoms with van der Waals surface area (Å²) < 4.78 is 11.5. The Morgan fingerprint density at radius 3 is 2.38 bits per heavy atom. The van der Waals surface area contributed by atoms with Crippen molar-refractivity contribution in [3.63, 3.8) is 0 Å². The summed E-state index contributed by atoms with van der Waals surface area (Å²) in [5.74, 6) is -0.512. The minimum absolute atomic E-state index is 0.134. The number of aliphatic hydroxyl groups is 1. The molecule has 2 heterocycles. The van der Waals surface area contributed by atoms with E-state index in [9.17, 15) is 9.90 Å². The average Bonchev–Trinajstić information content (AvgIpc) is 2.57. The Kier molecular flexibility index (Phi) is 6.19. The van der Waals surface area contributed by atoms with Crippen LogP contribution in [0.2, 0.25) is 0 Å². The third-order valence-electron chi connectivity index (χ3n) is 3.13. The summed E-state index contributed by atoms with van der Waals surface area (Å²) in [6.45, 7) is 4.34. The maximum absolute atomic E-state index is 11.4. The van der Waals surface area contributed by atoms with Gasteiger partial charge in [-0.25, -0.2) is 4.79 Å². The highest BCUT2D eigenvalue weighted by atomic mass is 16.6. The number of hydrogen-bond acceptors (Lipinski definition) is 5. The molecule has 1 aliphatic heterocycles. The van der Waals surface area contributed by atoms with E-state index in [2.05, 4.69) is 0 Å². The Bertz CT molecular complexity index is 754. The van der Waals surface area contributed by atoms with Gasteiger partial charge in [-0.1, -0.05) is 0 Å². The quantitative estimate of drug-likeness (QED) is 0.503. The molecule has 0 fully saturated rings. The lowest BCUT2D eigenvalue weighted by Gasteiger charge is -2.14. The monoisotopic (exact) mass is 329 g/mol. The van der Waals surface area contributed by atoms with Crippen molar-refractivity contribution >= 4 is 11.5 Å². The first-order valence-corrected chi connectivity index (χ1v) is 7.69. The molecule has 24 heavy (non-hydrogen) atoms. The lowest BCUT2D eigenvalue weighted by molar-refractivity contribution is -0.507. The molecule has 0 aliphatic carbocycles. The molecule has 0 saturated heterocycles. The molecule has 1 aromatic heterocycles. The van der Waals surface area contributed by atoms with Crippen LogP contribution in [0.25, 0.3) is 5.57 Å². The van der Waals surface area contributed by atoms with Crippen molar-refractivity contribution in [2.75, 3.05) is 13.2 Å². The summed E-state index contributed by atoms with van der Waals surface area (Å²) >= 11 is 0. The van der Waals surface area contributed by atoms with Crippen LogP contribution < -0.4 is 9.46 Å². The van der Waals surface area contributed by atoms with Crippen LogP contribution in [-0.4, -0.2) is 29.2 Å². The number of carbonyl (C=O) groups excluding carboxylic acids is 1. The first-order valence-electron chi connectivity index (χ1n) is 7.69. The van der Waals surface area contributed by atoms with E-state index in [0.29, 0.717) is 13.2 Å². The van der Waals surface area contributed by atoms with E-state index < -0.39 is 0 Å². The van der Waals surface area contributed by atoms with E-state index in [1.165, 1.54) is 12.4 Å². The molecular formula is C18H21N2O4+. The molecule has 0 amide bonds. The summed E-state index contributed by atoms with van der Waals surface area (Å²) in [6.07, 6.45) is 13.9. The molecule has 0 radical (unpaired) electrons. The highest BCUT2D eigenvalue weighted by molar-refractivity contribution is 5.75. The molecule has 126 valence electrons. The molecule has 0 spiro atoms. The maximum atomic E-state index is 11.4. The molecule has 1 N–H and O–H groups in total. The average molecular weight is 329 g/mol. The topological polar surface area (TPSA) is 64.9 Å². The predicted octanol–water partition coefficient (Wildman–Crippen LogP) is 1.43. The van der Waals surface area contributed by atoms with Crippen molar-refractivity contribution in [1.82, 2.24) is 4.90 Å². The maximum Gasteiger partial charge on any atom is 0.396 e. The number of ether oxygens (including phenoxy) is 2. The number of rotatable bonds is 5. The van der Waals surface area contributed by atoms with Crippen LogP contribution in [0, 0.1) is 6.21 Å². The van der Waals surface area contributed by atoms with Crippen molar-refractivity contribution in [3.8, 4) is 0 Å². The fourth-order valence-corrected chi connectivity index (χ4v) is 2.05. The van der Waals surface area contributed by atoms with Gasteiger partial charge in [0.25, 0.3) is 12.2 Å². The fourth-order valence-electron chi connectivity index (χ4n) is 2.05. The van der Waals surface area contributed by atoms with E-state index in [0.717, 1.165) is 10.8 Å². The SMILES string of the molecule is CCOC(=O)C=[n+]1ccc(=C2C=CN(/C=C(\O)OCC)C=C2)cc1. The van der Waals surface area contributed by atoms with Crippen molar-refractivity contribution in [2.45, 2.75) is 13.8 Å². The summed E-state index contributed by atoms with van der Waals surface area (Å²) in [7, 11) is 0. The number of aliphatic hydroxyl groups excluding tert-OH is 1. The van der Waals surface area contributed by atoms with Gasteiger partial charge < -0.3 is 19.5 Å². The zero-order valence-electron chi connectivity index (χ0n) is 13.8. The Morgan fingerprint density at radius 2 is 1.79 bits per heavy atom. The first-order chi connectivity index (χ1) is 11.6. The van der Waals surface area contributed by atoms with Crippen molar-refractivity contribution in [2.24, 2.45) is 0 Å². The van der Waals surface area contributed by atoms with Gasteiger partial charge in [-0.2, -0.15) is 4.24 Å². The van der Waals surface area contributed by atoms with E-state index in [1.54, 1.807) is 35.4 Å². The Labute approximate surface area is 140 Å². The number of carbonyl (C=O) groups is 1. The zero-order valence-corrected chi connectivity index (χ0v) is 13.8. The number of esters is 1. The number of pyridine rings is 1. The second-order valence-electron chi connectivity index (χ2n) is 4.85. The van der Waals surface area contributed by atoms with Gasteiger partial charge >= 0.3 is 5.97 Å². The zero-order chi connectivity index (χ0) is 17.4. The third-order valence-corrected chi connectivity index (χ3v) is 3.13. The van der Waals surface area contributed by atoms with Crippen molar-refractivity contribution in [3.05, 3.63) is 72.7 Å². The molecule has 0 saturated carbocycles. The van der Waals surface area contributed by atoms with Crippen molar-refractivity contribution < 1.29 is 23.6 Å². The second-order valence-corrected chi connectivity index (χ2v) is 4.85. The molecular weight excluding hydrogens is 308 g/mol. The number of aromatic nitrogens is 1. The standard InChI is InChI=1S/C18H20N2O4/c1-3-23-17(21)13-19-9-5-15(6-10-19)16-7-11-20(12-8-16)14-18(22)24-4-2/h5-14H,3-4H2,1-2H3/p+1/b17-13+. The highest BCUT2D eigenvalue weighted by Gasteiger charge is 2.03. The van der Waals surface area contributed by atoms with Gasteiger partial charge in [0.15, 0.2) is 12.4 Å². The number of allylic oxidation sites excluding steroid dienone is 2. The largest absolute Gasteiger partial charge is 0.480 e. The molecule has 0 unspecified atom stereocenters. The van der Waals surface area contributed by atoms with Gasteiger partial charge in [-0.3, -0.25) is 0 Å². The lowest BCUT2D eigenvalue weighted by Crippen LogP contribution is -2.23. The third kappa shape index (κ3) is 5.01. The molecule has 1 aromatic rings. The minimum atomic E-state index is -0.378. The van der Waals surface area contributed by atoms with Crippen molar-refractivity contribution in [1.29, 1.82) is 0 Å². The summed E-state index contributed by atoms with van der Waals surface area (Å²) in [5, 5.41) is 10.5. The van der Waals surface area contributed by atoms with E-state index in [-0.39, 0.29) is 11.9 Å². The normalized spacial score (nSPS) is 13.8. The van der Waals surface area contributed by atoms with Crippen LogP contribution in [0.1, 0.15) is 13.8 Å². The lowest BCUT2D eigenvalue weighted by atomic mass is 10.1. The molecule has 6 heteroatoms. The molecule has 2 rings (SSSR count). The minimum Gasteiger partial charge on any atom is -0.480 e. The predicted molar refractivity (Wildman–Crippen MR) is 88.5 cm³/mol. The van der Waals surface area contributed by atoms with Gasteiger partial charge in [-0.05, 0) is 36.8 Å². The van der Waals surface area contributed by atoms with Gasteiger partial charge in [-0.15, -0.1) is 0 Å². The highest BCUT2D eigenvalue weighted by Crippen LogP contribution is 2.10. The first kappa shape index (κ1) is 17.3. The fraction of sp³-hybridized carbons (Fsp3) is 0.222. The van der Waals surface area contributed by atoms with E-state index in [1.807, 2.05) is 36.7 Å². The van der Waals surface area contributed by atoms with Crippen LogP contribution in [0.5, 0.6) is 0 Å². The molecule has 1 aliphatic rings. The molecule has 6 nitrogen and oxygen atoms in total. The van der Waals surface area contributed by atoms with Gasteiger partial charge in [0.1, 0.15) is 0 Å². The second kappa shape index (κ2) is 8.57. The molecule has 0 bridgehead atoms. The number of nitrogens with zero attached hydrogens (tertiary/aromatic N) is 2. The van der Waals surface area contributed by atoms with Crippen LogP contribution in [0.4, 0.5) is 0 Å². The van der Waals surface area contributed by atoms with E-state index in [4.69, 9.17) is 9.47 Å². The van der Waals surface area contributed by atoms with E-state index >= 15 is 0 Å². The van der Waals surface area contributed by atoms with Gasteiger partial charge in [0.05, 0.1) is 19.4 Å². The molecule has 0 atom stereocenters. The van der Waals surface area contributed by atoms with Crippen LogP contribution in [0.15, 0.2) is 61.2 Å². The summed E-state index contributed by atoms with van der Waals surface area (Å²) in [5.41, 5.74) is 1.01. The Hall–Kier alpha value is -3.02. The number of hydrogen-bond donors (Lipinski definition) is 1. The molecule has 0 aromatic carbocycles. The summed E-state index contributed by atoms with van der Waals surface area (Å²) in [4.78, 5) is 13.1. The van der Waals surface area contributed by atoms with Crippen LogP contribution >= 0.6 is 0 Å². The van der Waals surface area contributed by atoms with Crippen LogP contribution in [-0.2, 0) is 14.3 Å².